The van der Waals surface area contributed by atoms with Crippen LogP contribution in [0.15, 0.2) is 23.8 Å². The van der Waals surface area contributed by atoms with E-state index in [0.717, 1.165) is 6.42 Å². The van der Waals surface area contributed by atoms with Crippen LogP contribution in [-0.4, -0.2) is 23.7 Å². The summed E-state index contributed by atoms with van der Waals surface area (Å²) in [6, 6.07) is -0.151. The van der Waals surface area contributed by atoms with E-state index in [4.69, 9.17) is 5.11 Å². The first-order chi connectivity index (χ1) is 7.51. The maximum atomic E-state index is 11.7. The van der Waals surface area contributed by atoms with Crippen molar-refractivity contribution in [2.75, 3.05) is 6.61 Å². The van der Waals surface area contributed by atoms with Crippen LogP contribution in [0.1, 0.15) is 34.1 Å². The third-order valence-corrected chi connectivity index (χ3v) is 2.21. The highest BCUT2D eigenvalue weighted by molar-refractivity contribution is 5.93. The zero-order valence-electron chi connectivity index (χ0n) is 10.7. The van der Waals surface area contributed by atoms with E-state index in [1.165, 1.54) is 0 Å². The normalized spacial score (nSPS) is 14.5. The van der Waals surface area contributed by atoms with Gasteiger partial charge in [-0.05, 0) is 26.2 Å². The number of nitrogens with one attached hydrogen (secondary N) is 1. The zero-order valence-corrected chi connectivity index (χ0v) is 10.7. The molecule has 0 aromatic carbocycles. The van der Waals surface area contributed by atoms with E-state index in [0.29, 0.717) is 11.5 Å². The monoisotopic (exact) mass is 225 g/mol. The SMILES string of the molecule is C/C=C/C=C(/C)C(=O)N[C@H](CO)CC(C)C. The summed E-state index contributed by atoms with van der Waals surface area (Å²) in [5, 5.41) is 11.9. The molecule has 0 heterocycles. The minimum atomic E-state index is -0.151. The van der Waals surface area contributed by atoms with Crippen molar-refractivity contribution < 1.29 is 9.90 Å². The summed E-state index contributed by atoms with van der Waals surface area (Å²) < 4.78 is 0. The van der Waals surface area contributed by atoms with Crippen LogP contribution in [0, 0.1) is 5.92 Å². The predicted octanol–water partition coefficient (Wildman–Crippen LogP) is 2.03. The van der Waals surface area contributed by atoms with Crippen molar-refractivity contribution in [1.29, 1.82) is 0 Å². The molecular formula is C13H23NO2. The van der Waals surface area contributed by atoms with Crippen molar-refractivity contribution in [2.45, 2.75) is 40.2 Å². The van der Waals surface area contributed by atoms with E-state index in [9.17, 15) is 4.79 Å². The third kappa shape index (κ3) is 6.40. The average Bonchev–Trinajstić information content (AvgIpc) is 2.23. The van der Waals surface area contributed by atoms with E-state index >= 15 is 0 Å². The van der Waals surface area contributed by atoms with Crippen LogP contribution in [0.2, 0.25) is 0 Å². The summed E-state index contributed by atoms with van der Waals surface area (Å²) in [5.74, 6) is 0.343. The number of carbonyl (C=O) groups excluding carboxylic acids is 1. The van der Waals surface area contributed by atoms with Gasteiger partial charge in [-0.15, -0.1) is 0 Å². The molecule has 1 amide bonds. The van der Waals surface area contributed by atoms with Crippen LogP contribution < -0.4 is 5.32 Å². The Hall–Kier alpha value is -1.09. The number of aliphatic hydroxyl groups excluding tert-OH is 1. The summed E-state index contributed by atoms with van der Waals surface area (Å²) in [4.78, 5) is 11.7. The van der Waals surface area contributed by atoms with E-state index in [2.05, 4.69) is 19.2 Å². The van der Waals surface area contributed by atoms with Crippen molar-refractivity contribution in [3.63, 3.8) is 0 Å². The first-order valence-electron chi connectivity index (χ1n) is 5.72. The molecule has 2 N–H and O–H groups in total. The molecule has 0 aliphatic heterocycles. The molecular weight excluding hydrogens is 202 g/mol. The number of amides is 1. The topological polar surface area (TPSA) is 49.3 Å². The molecule has 0 rings (SSSR count). The molecule has 0 spiro atoms. The Kier molecular flexibility index (Phi) is 7.56. The Morgan fingerprint density at radius 3 is 2.50 bits per heavy atom. The fraction of sp³-hybridized carbons (Fsp3) is 0.615. The molecule has 0 aromatic heterocycles. The summed E-state index contributed by atoms with van der Waals surface area (Å²) in [7, 11) is 0. The molecule has 0 bridgehead atoms. The molecule has 0 saturated carbocycles. The number of rotatable bonds is 6. The Labute approximate surface area is 98.2 Å². The van der Waals surface area contributed by atoms with Crippen LogP contribution in [0.25, 0.3) is 0 Å². The zero-order chi connectivity index (χ0) is 12.6. The van der Waals surface area contributed by atoms with Gasteiger partial charge >= 0.3 is 0 Å². The highest BCUT2D eigenvalue weighted by Gasteiger charge is 2.13. The van der Waals surface area contributed by atoms with Gasteiger partial charge in [0.2, 0.25) is 5.91 Å². The first kappa shape index (κ1) is 14.9. The maximum Gasteiger partial charge on any atom is 0.247 e. The Morgan fingerprint density at radius 2 is 2.06 bits per heavy atom. The van der Waals surface area contributed by atoms with Gasteiger partial charge in [0.25, 0.3) is 0 Å². The smallest absolute Gasteiger partial charge is 0.247 e. The molecule has 3 heteroatoms. The Bertz CT molecular complexity index is 267. The van der Waals surface area contributed by atoms with E-state index in [-0.39, 0.29) is 18.6 Å². The summed E-state index contributed by atoms with van der Waals surface area (Å²) in [6.07, 6.45) is 6.25. The average molecular weight is 225 g/mol. The van der Waals surface area contributed by atoms with Crippen LogP contribution in [-0.2, 0) is 4.79 Å². The van der Waals surface area contributed by atoms with E-state index in [1.54, 1.807) is 13.0 Å². The van der Waals surface area contributed by atoms with E-state index < -0.39 is 0 Å². The predicted molar refractivity (Wildman–Crippen MR) is 67.0 cm³/mol. The van der Waals surface area contributed by atoms with Gasteiger partial charge in [0, 0.05) is 5.57 Å². The minimum Gasteiger partial charge on any atom is -0.394 e. The minimum absolute atomic E-state index is 0.0131. The number of carbonyl (C=O) groups is 1. The fourth-order valence-electron chi connectivity index (χ4n) is 1.36. The molecule has 1 atom stereocenters. The van der Waals surface area contributed by atoms with Crippen molar-refractivity contribution in [3.05, 3.63) is 23.8 Å². The van der Waals surface area contributed by atoms with Crippen LogP contribution in [0.5, 0.6) is 0 Å². The molecule has 0 aliphatic carbocycles. The number of hydrogen-bond acceptors (Lipinski definition) is 2. The third-order valence-electron chi connectivity index (χ3n) is 2.21. The summed E-state index contributed by atoms with van der Waals surface area (Å²) in [6.45, 7) is 7.78. The standard InChI is InChI=1S/C13H23NO2/c1-5-6-7-11(4)13(16)14-12(9-15)8-10(2)3/h5-7,10,12,15H,8-9H2,1-4H3,(H,14,16)/b6-5+,11-7-/t12-/m0/s1. The summed E-state index contributed by atoms with van der Waals surface area (Å²) in [5.41, 5.74) is 0.653. The van der Waals surface area contributed by atoms with Gasteiger partial charge in [-0.25, -0.2) is 0 Å². The molecule has 0 radical (unpaired) electrons. The molecule has 0 aromatic rings. The van der Waals surface area contributed by atoms with Gasteiger partial charge in [-0.2, -0.15) is 0 Å². The van der Waals surface area contributed by atoms with Crippen molar-refractivity contribution >= 4 is 5.91 Å². The number of hydrogen-bond donors (Lipinski definition) is 2. The number of allylic oxidation sites excluding steroid dienone is 3. The maximum absolute atomic E-state index is 11.7. The van der Waals surface area contributed by atoms with Gasteiger partial charge < -0.3 is 10.4 Å². The first-order valence-corrected chi connectivity index (χ1v) is 5.72. The highest BCUT2D eigenvalue weighted by Crippen LogP contribution is 2.05. The summed E-state index contributed by atoms with van der Waals surface area (Å²) >= 11 is 0. The highest BCUT2D eigenvalue weighted by atomic mass is 16.3. The largest absolute Gasteiger partial charge is 0.394 e. The second kappa shape index (κ2) is 8.11. The lowest BCUT2D eigenvalue weighted by Gasteiger charge is -2.18. The molecule has 0 aliphatic rings. The van der Waals surface area contributed by atoms with Gasteiger partial charge in [-0.3, -0.25) is 4.79 Å². The van der Waals surface area contributed by atoms with Crippen LogP contribution in [0.3, 0.4) is 0 Å². The van der Waals surface area contributed by atoms with Crippen LogP contribution in [0.4, 0.5) is 0 Å². The molecule has 0 saturated heterocycles. The van der Waals surface area contributed by atoms with Gasteiger partial charge in [0.05, 0.1) is 12.6 Å². The second-order valence-corrected chi connectivity index (χ2v) is 4.36. The lowest BCUT2D eigenvalue weighted by Crippen LogP contribution is -2.38. The molecule has 0 fully saturated rings. The molecule has 16 heavy (non-hydrogen) atoms. The molecule has 0 unspecified atom stereocenters. The molecule has 92 valence electrons. The van der Waals surface area contributed by atoms with E-state index in [1.807, 2.05) is 19.1 Å². The Morgan fingerprint density at radius 1 is 1.44 bits per heavy atom. The van der Waals surface area contributed by atoms with Gasteiger partial charge in [0.1, 0.15) is 0 Å². The van der Waals surface area contributed by atoms with Crippen molar-refractivity contribution in [3.8, 4) is 0 Å². The number of aliphatic hydroxyl groups is 1. The molecule has 3 nitrogen and oxygen atoms in total. The lowest BCUT2D eigenvalue weighted by atomic mass is 10.0. The second-order valence-electron chi connectivity index (χ2n) is 4.36. The van der Waals surface area contributed by atoms with Gasteiger partial charge in [-0.1, -0.05) is 32.1 Å². The van der Waals surface area contributed by atoms with Gasteiger partial charge in [0.15, 0.2) is 0 Å². The van der Waals surface area contributed by atoms with Crippen molar-refractivity contribution in [1.82, 2.24) is 5.32 Å². The van der Waals surface area contributed by atoms with Crippen LogP contribution >= 0.6 is 0 Å². The quantitative estimate of drug-likeness (QED) is 0.537. The van der Waals surface area contributed by atoms with Crippen molar-refractivity contribution in [2.24, 2.45) is 5.92 Å². The Balaban J connectivity index is 4.29. The fourth-order valence-corrected chi connectivity index (χ4v) is 1.36. The lowest BCUT2D eigenvalue weighted by molar-refractivity contribution is -0.118.